The van der Waals surface area contributed by atoms with Crippen molar-refractivity contribution in [3.8, 4) is 11.3 Å². The lowest BCUT2D eigenvalue weighted by Gasteiger charge is -2.06. The predicted molar refractivity (Wildman–Crippen MR) is 116 cm³/mol. The topological polar surface area (TPSA) is 72.7 Å². The van der Waals surface area contributed by atoms with Gasteiger partial charge in [0.05, 0.1) is 17.5 Å². The van der Waals surface area contributed by atoms with E-state index in [-0.39, 0.29) is 11.9 Å². The average molecular weight is 456 g/mol. The number of amides is 1. The molecule has 28 heavy (non-hydrogen) atoms. The fourth-order valence-electron chi connectivity index (χ4n) is 2.94. The highest BCUT2D eigenvalue weighted by Crippen LogP contribution is 2.31. The molecule has 0 bridgehead atoms. The van der Waals surface area contributed by atoms with Crippen LogP contribution in [0.1, 0.15) is 35.1 Å². The first-order chi connectivity index (χ1) is 13.4. The summed E-state index contributed by atoms with van der Waals surface area (Å²) in [5, 5.41) is 8.64. The van der Waals surface area contributed by atoms with Gasteiger partial charge in [-0.05, 0) is 39.0 Å². The number of aromatic nitrogens is 4. The van der Waals surface area contributed by atoms with Crippen molar-refractivity contribution in [2.24, 2.45) is 0 Å². The van der Waals surface area contributed by atoms with Crippen LogP contribution in [-0.4, -0.2) is 25.7 Å². The predicted octanol–water partition coefficient (Wildman–Crippen LogP) is 5.46. The third kappa shape index (κ3) is 3.57. The monoisotopic (exact) mass is 455 g/mol. The van der Waals surface area contributed by atoms with E-state index in [4.69, 9.17) is 0 Å². The molecule has 0 fully saturated rings. The molecule has 0 saturated carbocycles. The van der Waals surface area contributed by atoms with Crippen LogP contribution in [0.4, 0.5) is 5.13 Å². The zero-order chi connectivity index (χ0) is 19.8. The molecule has 0 saturated heterocycles. The summed E-state index contributed by atoms with van der Waals surface area (Å²) < 4.78 is 2.85. The number of fused-ring (bicyclic) bond motifs is 1. The van der Waals surface area contributed by atoms with E-state index in [0.29, 0.717) is 10.7 Å². The van der Waals surface area contributed by atoms with Gasteiger partial charge in [-0.1, -0.05) is 28.1 Å². The highest BCUT2D eigenvalue weighted by molar-refractivity contribution is 9.10. The average Bonchev–Trinajstić information content (AvgIpc) is 3.25. The lowest BCUT2D eigenvalue weighted by molar-refractivity contribution is 0.102. The van der Waals surface area contributed by atoms with Crippen LogP contribution in [0.15, 0.2) is 47.2 Å². The fourth-order valence-corrected chi connectivity index (χ4v) is 4.03. The molecule has 0 unspecified atom stereocenters. The van der Waals surface area contributed by atoms with Gasteiger partial charge in [0.2, 0.25) is 0 Å². The maximum atomic E-state index is 12.7. The zero-order valence-corrected chi connectivity index (χ0v) is 18.0. The van der Waals surface area contributed by atoms with Crippen LogP contribution in [-0.2, 0) is 0 Å². The summed E-state index contributed by atoms with van der Waals surface area (Å²) in [7, 11) is 0. The number of halogens is 1. The number of nitrogens with zero attached hydrogens (tertiary/aromatic N) is 4. The number of carbonyl (C=O) groups excluding carboxylic acids is 1. The second-order valence-electron chi connectivity index (χ2n) is 6.70. The standard InChI is InChI=1S/C20H18BrN5OS/c1-11(2)26-18-14(10-23-26)8-15(9-22-18)19(27)25-20-24-17(12(3)28-20)13-4-6-16(21)7-5-13/h4-11H,1-3H3,(H,24,25,27). The molecule has 0 aliphatic carbocycles. The second kappa shape index (κ2) is 7.44. The summed E-state index contributed by atoms with van der Waals surface area (Å²) in [5.74, 6) is -0.234. The van der Waals surface area contributed by atoms with Gasteiger partial charge in [-0.15, -0.1) is 11.3 Å². The molecule has 4 aromatic rings. The summed E-state index contributed by atoms with van der Waals surface area (Å²) in [6, 6.07) is 9.97. The molecule has 1 amide bonds. The molecular formula is C20H18BrN5OS. The molecule has 1 aromatic carbocycles. The SMILES string of the molecule is Cc1sc(NC(=O)c2cnc3c(cnn3C(C)C)c2)nc1-c1ccc(Br)cc1. The van der Waals surface area contributed by atoms with Gasteiger partial charge < -0.3 is 0 Å². The number of hydrogen-bond acceptors (Lipinski definition) is 5. The van der Waals surface area contributed by atoms with Crippen molar-refractivity contribution in [1.29, 1.82) is 0 Å². The van der Waals surface area contributed by atoms with Gasteiger partial charge in [0.15, 0.2) is 10.8 Å². The van der Waals surface area contributed by atoms with Crippen molar-refractivity contribution < 1.29 is 4.79 Å². The van der Waals surface area contributed by atoms with Gasteiger partial charge in [0.1, 0.15) is 0 Å². The van der Waals surface area contributed by atoms with E-state index < -0.39 is 0 Å². The third-order valence-corrected chi connectivity index (χ3v) is 5.73. The van der Waals surface area contributed by atoms with Crippen molar-refractivity contribution in [2.75, 3.05) is 5.32 Å². The largest absolute Gasteiger partial charge is 0.298 e. The minimum absolute atomic E-state index is 0.208. The molecule has 3 heterocycles. The van der Waals surface area contributed by atoms with Crippen molar-refractivity contribution >= 4 is 49.3 Å². The molecule has 1 N–H and O–H groups in total. The number of pyridine rings is 1. The number of thiazole rings is 1. The van der Waals surface area contributed by atoms with E-state index in [2.05, 4.69) is 36.3 Å². The van der Waals surface area contributed by atoms with E-state index >= 15 is 0 Å². The van der Waals surface area contributed by atoms with Crippen LogP contribution in [0.25, 0.3) is 22.3 Å². The van der Waals surface area contributed by atoms with Crippen LogP contribution in [0.5, 0.6) is 0 Å². The summed E-state index contributed by atoms with van der Waals surface area (Å²) in [6.07, 6.45) is 3.31. The van der Waals surface area contributed by atoms with E-state index in [0.717, 1.165) is 31.6 Å². The Labute approximate surface area is 174 Å². The highest BCUT2D eigenvalue weighted by atomic mass is 79.9. The summed E-state index contributed by atoms with van der Waals surface area (Å²) in [4.78, 5) is 22.7. The minimum atomic E-state index is -0.234. The molecule has 4 rings (SSSR count). The first kappa shape index (κ1) is 18.8. The lowest BCUT2D eigenvalue weighted by atomic mass is 10.1. The quantitative estimate of drug-likeness (QED) is 0.443. The van der Waals surface area contributed by atoms with Gasteiger partial charge in [0.25, 0.3) is 5.91 Å². The number of carbonyl (C=O) groups is 1. The molecule has 0 spiro atoms. The molecule has 0 aliphatic rings. The first-order valence-corrected chi connectivity index (χ1v) is 10.4. The summed E-state index contributed by atoms with van der Waals surface area (Å²) in [6.45, 7) is 6.09. The van der Waals surface area contributed by atoms with Crippen molar-refractivity contribution in [1.82, 2.24) is 19.7 Å². The Hall–Kier alpha value is -2.58. The molecule has 8 heteroatoms. The Morgan fingerprint density at radius 3 is 2.68 bits per heavy atom. The number of aryl methyl sites for hydroxylation is 1. The van der Waals surface area contributed by atoms with E-state index in [1.165, 1.54) is 11.3 Å². The molecule has 0 atom stereocenters. The maximum absolute atomic E-state index is 12.7. The molecule has 0 radical (unpaired) electrons. The fraction of sp³-hybridized carbons (Fsp3) is 0.200. The first-order valence-electron chi connectivity index (χ1n) is 8.80. The number of benzene rings is 1. The van der Waals surface area contributed by atoms with Gasteiger partial charge in [0, 0.05) is 32.5 Å². The van der Waals surface area contributed by atoms with Crippen LogP contribution in [0, 0.1) is 6.92 Å². The van der Waals surface area contributed by atoms with Crippen molar-refractivity contribution in [2.45, 2.75) is 26.8 Å². The Morgan fingerprint density at radius 2 is 1.96 bits per heavy atom. The van der Waals surface area contributed by atoms with E-state index in [1.807, 2.05) is 49.7 Å². The van der Waals surface area contributed by atoms with Gasteiger partial charge in [-0.3, -0.25) is 10.1 Å². The maximum Gasteiger partial charge on any atom is 0.259 e. The number of rotatable bonds is 4. The van der Waals surface area contributed by atoms with Crippen molar-refractivity contribution in [3.05, 3.63) is 57.6 Å². The minimum Gasteiger partial charge on any atom is -0.298 e. The molecule has 6 nitrogen and oxygen atoms in total. The Bertz CT molecular complexity index is 1160. The van der Waals surface area contributed by atoms with E-state index in [1.54, 1.807) is 18.5 Å². The lowest BCUT2D eigenvalue weighted by Crippen LogP contribution is -2.12. The Balaban J connectivity index is 1.58. The van der Waals surface area contributed by atoms with Crippen molar-refractivity contribution in [3.63, 3.8) is 0 Å². The molecule has 0 aliphatic heterocycles. The van der Waals surface area contributed by atoms with Crippen LogP contribution in [0.2, 0.25) is 0 Å². The number of anilines is 1. The summed E-state index contributed by atoms with van der Waals surface area (Å²) in [5.41, 5.74) is 3.14. The van der Waals surface area contributed by atoms with Crippen LogP contribution in [0.3, 0.4) is 0 Å². The third-order valence-electron chi connectivity index (χ3n) is 4.32. The Kier molecular flexibility index (Phi) is 4.99. The number of hydrogen-bond donors (Lipinski definition) is 1. The smallest absolute Gasteiger partial charge is 0.259 e. The molecule has 3 aromatic heterocycles. The zero-order valence-electron chi connectivity index (χ0n) is 15.6. The van der Waals surface area contributed by atoms with E-state index in [9.17, 15) is 4.79 Å². The van der Waals surface area contributed by atoms with Crippen LogP contribution >= 0.6 is 27.3 Å². The molecule has 142 valence electrons. The second-order valence-corrected chi connectivity index (χ2v) is 8.82. The Morgan fingerprint density at radius 1 is 1.21 bits per heavy atom. The van der Waals surface area contributed by atoms with Gasteiger partial charge in [-0.2, -0.15) is 5.10 Å². The number of nitrogens with one attached hydrogen (secondary N) is 1. The van der Waals surface area contributed by atoms with Crippen LogP contribution < -0.4 is 5.32 Å². The molecular weight excluding hydrogens is 438 g/mol. The highest BCUT2D eigenvalue weighted by Gasteiger charge is 2.15. The normalized spacial score (nSPS) is 11.3. The van der Waals surface area contributed by atoms with Gasteiger partial charge in [-0.25, -0.2) is 14.6 Å². The van der Waals surface area contributed by atoms with Gasteiger partial charge >= 0.3 is 0 Å². The summed E-state index contributed by atoms with van der Waals surface area (Å²) >= 11 is 4.90.